The van der Waals surface area contributed by atoms with E-state index in [9.17, 15) is 0 Å². The molecule has 0 bridgehead atoms. The van der Waals surface area contributed by atoms with Crippen LogP contribution >= 0.6 is 0 Å². The Morgan fingerprint density at radius 3 is 2.79 bits per heavy atom. The topological polar surface area (TPSA) is 36.3 Å². The van der Waals surface area contributed by atoms with Gasteiger partial charge >= 0.3 is 0 Å². The third-order valence-corrected chi connectivity index (χ3v) is 4.04. The van der Waals surface area contributed by atoms with Gasteiger partial charge in [0, 0.05) is 0 Å². The fourth-order valence-electron chi connectivity index (χ4n) is 2.76. The van der Waals surface area contributed by atoms with Gasteiger partial charge in [0.2, 0.25) is 0 Å². The summed E-state index contributed by atoms with van der Waals surface area (Å²) in [6, 6.07) is 10.7. The Morgan fingerprint density at radius 1 is 1.42 bits per heavy atom. The van der Waals surface area contributed by atoms with Crippen molar-refractivity contribution in [2.75, 3.05) is 20.2 Å². The van der Waals surface area contributed by atoms with Crippen molar-refractivity contribution in [2.24, 2.45) is 5.92 Å². The molecule has 1 aliphatic heterocycles. The van der Waals surface area contributed by atoms with Gasteiger partial charge in [-0.2, -0.15) is 5.26 Å². The summed E-state index contributed by atoms with van der Waals surface area (Å²) >= 11 is 0. The number of hydrogen-bond acceptors (Lipinski definition) is 3. The van der Waals surface area contributed by atoms with Crippen molar-refractivity contribution >= 4 is 0 Å². The van der Waals surface area contributed by atoms with Crippen LogP contribution in [0, 0.1) is 17.2 Å². The lowest BCUT2D eigenvalue weighted by Crippen LogP contribution is -2.39. The Hall–Kier alpha value is -1.53. The Labute approximate surface area is 115 Å². The minimum absolute atomic E-state index is 0.0535. The van der Waals surface area contributed by atoms with Gasteiger partial charge in [0.25, 0.3) is 0 Å². The van der Waals surface area contributed by atoms with Crippen molar-refractivity contribution in [3.8, 4) is 11.8 Å². The van der Waals surface area contributed by atoms with Crippen LogP contribution in [0.4, 0.5) is 0 Å². The van der Waals surface area contributed by atoms with Crippen molar-refractivity contribution in [3.05, 3.63) is 29.8 Å². The maximum absolute atomic E-state index is 8.94. The third-order valence-electron chi connectivity index (χ3n) is 4.04. The van der Waals surface area contributed by atoms with E-state index < -0.39 is 0 Å². The molecule has 1 aliphatic rings. The van der Waals surface area contributed by atoms with Crippen molar-refractivity contribution in [1.82, 2.24) is 4.90 Å². The van der Waals surface area contributed by atoms with E-state index in [0.717, 1.165) is 31.2 Å². The first-order valence-electron chi connectivity index (χ1n) is 6.99. The zero-order valence-corrected chi connectivity index (χ0v) is 11.8. The molecule has 0 N–H and O–H groups in total. The van der Waals surface area contributed by atoms with Gasteiger partial charge in [0.1, 0.15) is 5.75 Å². The number of piperidine rings is 1. The maximum Gasteiger partial charge on any atom is 0.119 e. The summed E-state index contributed by atoms with van der Waals surface area (Å²) in [4.78, 5) is 2.28. The zero-order valence-electron chi connectivity index (χ0n) is 11.8. The molecule has 1 saturated heterocycles. The first-order valence-corrected chi connectivity index (χ1v) is 6.99. The molecule has 102 valence electrons. The lowest BCUT2D eigenvalue weighted by Gasteiger charge is -2.33. The van der Waals surface area contributed by atoms with E-state index in [1.807, 2.05) is 13.0 Å². The molecule has 1 aromatic carbocycles. The summed E-state index contributed by atoms with van der Waals surface area (Å²) in [6.45, 7) is 4.08. The lowest BCUT2D eigenvalue weighted by atomic mass is 9.89. The quantitative estimate of drug-likeness (QED) is 0.833. The van der Waals surface area contributed by atoms with Gasteiger partial charge in [0.15, 0.2) is 0 Å². The number of nitrogens with zero attached hydrogens (tertiary/aromatic N) is 2. The van der Waals surface area contributed by atoms with Crippen molar-refractivity contribution in [2.45, 2.75) is 32.2 Å². The highest BCUT2D eigenvalue weighted by atomic mass is 16.5. The van der Waals surface area contributed by atoms with Crippen LogP contribution in [0.25, 0.3) is 0 Å². The molecule has 1 fully saturated rings. The summed E-state index contributed by atoms with van der Waals surface area (Å²) in [5.74, 6) is 1.67. The molecule has 0 saturated carbocycles. The van der Waals surface area contributed by atoms with Crippen molar-refractivity contribution in [1.29, 1.82) is 5.26 Å². The Balaban J connectivity index is 1.87. The van der Waals surface area contributed by atoms with Gasteiger partial charge in [-0.3, -0.25) is 4.90 Å². The number of rotatable bonds is 4. The molecule has 0 aromatic heterocycles. The molecule has 1 heterocycles. The molecule has 3 heteroatoms. The average molecular weight is 258 g/mol. The van der Waals surface area contributed by atoms with E-state index >= 15 is 0 Å². The van der Waals surface area contributed by atoms with Crippen LogP contribution in [0.3, 0.4) is 0 Å². The SMILES string of the molecule is COc1cccc(CC2CCN(C(C)C#N)CC2)c1. The molecular weight excluding hydrogens is 236 g/mol. The molecule has 2 rings (SSSR count). The second-order valence-electron chi connectivity index (χ2n) is 5.34. The highest BCUT2D eigenvalue weighted by Gasteiger charge is 2.22. The first-order chi connectivity index (χ1) is 9.22. The Morgan fingerprint density at radius 2 is 2.16 bits per heavy atom. The second kappa shape index (κ2) is 6.58. The normalized spacial score (nSPS) is 18.8. The van der Waals surface area contributed by atoms with Crippen LogP contribution in [0.5, 0.6) is 5.75 Å². The number of nitriles is 1. The number of ether oxygens (including phenoxy) is 1. The van der Waals surface area contributed by atoms with E-state index in [2.05, 4.69) is 29.2 Å². The molecular formula is C16H22N2O. The van der Waals surface area contributed by atoms with Crippen LogP contribution < -0.4 is 4.74 Å². The highest BCUT2D eigenvalue weighted by Crippen LogP contribution is 2.24. The summed E-state index contributed by atoms with van der Waals surface area (Å²) in [7, 11) is 1.71. The zero-order chi connectivity index (χ0) is 13.7. The molecule has 0 spiro atoms. The van der Waals surface area contributed by atoms with E-state index in [1.54, 1.807) is 7.11 Å². The molecule has 1 aromatic rings. The van der Waals surface area contributed by atoms with Crippen molar-refractivity contribution in [3.63, 3.8) is 0 Å². The molecule has 3 nitrogen and oxygen atoms in total. The smallest absolute Gasteiger partial charge is 0.119 e. The molecule has 1 unspecified atom stereocenters. The fourth-order valence-corrected chi connectivity index (χ4v) is 2.76. The summed E-state index contributed by atoms with van der Waals surface area (Å²) < 4.78 is 5.26. The van der Waals surface area contributed by atoms with Crippen molar-refractivity contribution < 1.29 is 4.74 Å². The predicted molar refractivity (Wildman–Crippen MR) is 76.1 cm³/mol. The van der Waals surface area contributed by atoms with Crippen LogP contribution in [0.15, 0.2) is 24.3 Å². The summed E-state index contributed by atoms with van der Waals surface area (Å²) in [6.07, 6.45) is 3.48. The van der Waals surface area contributed by atoms with Gasteiger partial charge in [-0.1, -0.05) is 12.1 Å². The number of methoxy groups -OCH3 is 1. The Kier molecular flexibility index (Phi) is 4.81. The summed E-state index contributed by atoms with van der Waals surface area (Å²) in [5.41, 5.74) is 1.35. The average Bonchev–Trinajstić information content (AvgIpc) is 2.47. The van der Waals surface area contributed by atoms with Crippen LogP contribution in [0.2, 0.25) is 0 Å². The first kappa shape index (κ1) is 13.9. The van der Waals surface area contributed by atoms with E-state index in [1.165, 1.54) is 18.4 Å². The standard InChI is InChI=1S/C16H22N2O/c1-13(12-17)18-8-6-14(7-9-18)10-15-4-3-5-16(11-15)19-2/h3-5,11,13-14H,6-10H2,1-2H3. The van der Waals surface area contributed by atoms with E-state index in [-0.39, 0.29) is 6.04 Å². The predicted octanol–water partition coefficient (Wildman–Crippen LogP) is 2.86. The van der Waals surface area contributed by atoms with Crippen LogP contribution in [-0.4, -0.2) is 31.1 Å². The van der Waals surface area contributed by atoms with Gasteiger partial charge < -0.3 is 4.74 Å². The van der Waals surface area contributed by atoms with Gasteiger partial charge in [-0.25, -0.2) is 0 Å². The van der Waals surface area contributed by atoms with Crippen LogP contribution in [-0.2, 0) is 6.42 Å². The molecule has 0 radical (unpaired) electrons. The van der Waals surface area contributed by atoms with E-state index in [4.69, 9.17) is 10.00 Å². The lowest BCUT2D eigenvalue weighted by molar-refractivity contribution is 0.165. The monoisotopic (exact) mass is 258 g/mol. The number of benzene rings is 1. The highest BCUT2D eigenvalue weighted by molar-refractivity contribution is 5.28. The minimum atomic E-state index is 0.0535. The van der Waals surface area contributed by atoms with Gasteiger partial charge in [-0.15, -0.1) is 0 Å². The molecule has 1 atom stereocenters. The fraction of sp³-hybridized carbons (Fsp3) is 0.562. The Bertz CT molecular complexity index is 444. The molecule has 19 heavy (non-hydrogen) atoms. The number of hydrogen-bond donors (Lipinski definition) is 0. The third kappa shape index (κ3) is 3.71. The second-order valence-corrected chi connectivity index (χ2v) is 5.34. The van der Waals surface area contributed by atoms with Crippen LogP contribution in [0.1, 0.15) is 25.3 Å². The van der Waals surface area contributed by atoms with E-state index in [0.29, 0.717) is 0 Å². The number of likely N-dealkylation sites (tertiary alicyclic amines) is 1. The summed E-state index contributed by atoms with van der Waals surface area (Å²) in [5, 5.41) is 8.94. The molecule has 0 amide bonds. The largest absolute Gasteiger partial charge is 0.497 e. The van der Waals surface area contributed by atoms with Gasteiger partial charge in [0.05, 0.1) is 19.2 Å². The van der Waals surface area contributed by atoms with Gasteiger partial charge in [-0.05, 0) is 62.9 Å². The molecule has 0 aliphatic carbocycles. The minimum Gasteiger partial charge on any atom is -0.497 e. The maximum atomic E-state index is 8.94.